The number of carbonyl (C=O) groups excluding carboxylic acids is 1. The van der Waals surface area contributed by atoms with Gasteiger partial charge >= 0.3 is 0 Å². The fourth-order valence-electron chi connectivity index (χ4n) is 3.95. The third-order valence-corrected chi connectivity index (χ3v) is 7.70. The zero-order valence-electron chi connectivity index (χ0n) is 19.1. The molecule has 8 heteroatoms. The minimum Gasteiger partial charge on any atom is -0.372 e. The number of nitrogens with one attached hydrogen (secondary N) is 1. The molecule has 3 aromatic carbocycles. The molecule has 0 spiro atoms. The van der Waals surface area contributed by atoms with Crippen molar-refractivity contribution in [3.63, 3.8) is 0 Å². The molecule has 1 saturated heterocycles. The monoisotopic (exact) mass is 481 g/mol. The first-order chi connectivity index (χ1) is 16.3. The van der Waals surface area contributed by atoms with E-state index in [0.717, 1.165) is 28.5 Å². The molecule has 34 heavy (non-hydrogen) atoms. The third kappa shape index (κ3) is 5.56. The van der Waals surface area contributed by atoms with Crippen molar-refractivity contribution in [1.82, 2.24) is 5.32 Å². The van der Waals surface area contributed by atoms with E-state index in [1.165, 1.54) is 54.9 Å². The highest BCUT2D eigenvalue weighted by Gasteiger charge is 2.27. The number of sulfonamides is 1. The standard InChI is InChI=1S/C26H28FN3O3S/c1-20-4-14-25(15-5-20)34(32,33)30(24-12-8-22(27)9-13-24)19-26(31)28-18-21-6-10-23(11-7-21)29-16-2-3-17-29/h4-15H,2-3,16-19H2,1H3,(H,28,31). The number of nitrogens with zero attached hydrogens (tertiary/aromatic N) is 2. The van der Waals surface area contributed by atoms with Gasteiger partial charge in [-0.25, -0.2) is 12.8 Å². The van der Waals surface area contributed by atoms with Crippen molar-refractivity contribution >= 4 is 27.3 Å². The maximum atomic E-state index is 13.5. The molecule has 0 radical (unpaired) electrons. The predicted molar refractivity (Wildman–Crippen MR) is 132 cm³/mol. The smallest absolute Gasteiger partial charge is 0.264 e. The van der Waals surface area contributed by atoms with Gasteiger partial charge in [-0.1, -0.05) is 29.8 Å². The van der Waals surface area contributed by atoms with Crippen molar-refractivity contribution in [3.05, 3.63) is 89.7 Å². The van der Waals surface area contributed by atoms with Crippen LogP contribution in [0.1, 0.15) is 24.0 Å². The Bertz CT molecular complexity index is 1220. The fraction of sp³-hybridized carbons (Fsp3) is 0.269. The summed E-state index contributed by atoms with van der Waals surface area (Å²) in [4.78, 5) is 15.2. The highest BCUT2D eigenvalue weighted by Crippen LogP contribution is 2.24. The third-order valence-electron chi connectivity index (χ3n) is 5.91. The number of aryl methyl sites for hydroxylation is 1. The topological polar surface area (TPSA) is 69.7 Å². The normalized spacial score (nSPS) is 13.6. The van der Waals surface area contributed by atoms with Crippen molar-refractivity contribution in [2.75, 3.05) is 28.8 Å². The van der Waals surface area contributed by atoms with E-state index in [1.54, 1.807) is 12.1 Å². The van der Waals surface area contributed by atoms with E-state index in [9.17, 15) is 17.6 Å². The number of rotatable bonds is 8. The Morgan fingerprint density at radius 2 is 1.56 bits per heavy atom. The van der Waals surface area contributed by atoms with E-state index in [-0.39, 0.29) is 17.1 Å². The lowest BCUT2D eigenvalue weighted by Crippen LogP contribution is -2.40. The lowest BCUT2D eigenvalue weighted by Gasteiger charge is -2.24. The Morgan fingerprint density at radius 1 is 0.941 bits per heavy atom. The van der Waals surface area contributed by atoms with Crippen LogP contribution in [0.15, 0.2) is 77.7 Å². The minimum absolute atomic E-state index is 0.0627. The van der Waals surface area contributed by atoms with Gasteiger partial charge in [0.2, 0.25) is 5.91 Å². The van der Waals surface area contributed by atoms with E-state index in [4.69, 9.17) is 0 Å². The molecule has 0 saturated carbocycles. The van der Waals surface area contributed by atoms with E-state index < -0.39 is 28.3 Å². The second kappa shape index (κ2) is 10.3. The molecule has 0 bridgehead atoms. The summed E-state index contributed by atoms with van der Waals surface area (Å²) in [6, 6.07) is 19.5. The van der Waals surface area contributed by atoms with Crippen LogP contribution in [0.4, 0.5) is 15.8 Å². The van der Waals surface area contributed by atoms with Gasteiger partial charge in [0.25, 0.3) is 10.0 Å². The molecular formula is C26H28FN3O3S. The Balaban J connectivity index is 1.48. The van der Waals surface area contributed by atoms with E-state index in [2.05, 4.69) is 10.2 Å². The molecule has 0 aromatic heterocycles. The predicted octanol–water partition coefficient (Wildman–Crippen LogP) is 4.25. The number of carbonyl (C=O) groups is 1. The summed E-state index contributed by atoms with van der Waals surface area (Å²) < 4.78 is 41.2. The number of hydrogen-bond acceptors (Lipinski definition) is 4. The second-order valence-corrected chi connectivity index (χ2v) is 10.3. The van der Waals surface area contributed by atoms with Gasteiger partial charge in [0.05, 0.1) is 10.6 Å². The van der Waals surface area contributed by atoms with Crippen molar-refractivity contribution in [2.24, 2.45) is 0 Å². The molecule has 4 rings (SSSR count). The quantitative estimate of drug-likeness (QED) is 0.522. The van der Waals surface area contributed by atoms with E-state index in [1.807, 2.05) is 31.2 Å². The SMILES string of the molecule is Cc1ccc(S(=O)(=O)N(CC(=O)NCc2ccc(N3CCCC3)cc2)c2ccc(F)cc2)cc1. The molecule has 1 amide bonds. The van der Waals surface area contributed by atoms with Gasteiger partial charge in [-0.15, -0.1) is 0 Å². The molecule has 178 valence electrons. The molecule has 1 N–H and O–H groups in total. The molecule has 1 fully saturated rings. The molecule has 6 nitrogen and oxygen atoms in total. The van der Waals surface area contributed by atoms with Gasteiger partial charge in [-0.3, -0.25) is 9.10 Å². The first-order valence-corrected chi connectivity index (χ1v) is 12.7. The fourth-order valence-corrected chi connectivity index (χ4v) is 5.37. The summed E-state index contributed by atoms with van der Waals surface area (Å²) in [6.07, 6.45) is 2.40. The Hall–Kier alpha value is -3.39. The Morgan fingerprint density at radius 3 is 2.18 bits per heavy atom. The molecule has 0 atom stereocenters. The lowest BCUT2D eigenvalue weighted by molar-refractivity contribution is -0.119. The average molecular weight is 482 g/mol. The van der Waals surface area contributed by atoms with Gasteiger partial charge in [0, 0.05) is 25.3 Å². The highest BCUT2D eigenvalue weighted by molar-refractivity contribution is 7.92. The summed E-state index contributed by atoms with van der Waals surface area (Å²) >= 11 is 0. The van der Waals surface area contributed by atoms with Crippen LogP contribution < -0.4 is 14.5 Å². The van der Waals surface area contributed by atoms with Gasteiger partial charge < -0.3 is 10.2 Å². The van der Waals surface area contributed by atoms with Crippen molar-refractivity contribution in [3.8, 4) is 0 Å². The summed E-state index contributed by atoms with van der Waals surface area (Å²) in [6.45, 7) is 3.84. The van der Waals surface area contributed by atoms with Crippen LogP contribution in [0.25, 0.3) is 0 Å². The van der Waals surface area contributed by atoms with Crippen LogP contribution in [0.3, 0.4) is 0 Å². The van der Waals surface area contributed by atoms with Crippen molar-refractivity contribution in [1.29, 1.82) is 0 Å². The summed E-state index contributed by atoms with van der Waals surface area (Å²) in [5.74, 6) is -0.943. The maximum absolute atomic E-state index is 13.5. The highest BCUT2D eigenvalue weighted by atomic mass is 32.2. The van der Waals surface area contributed by atoms with Crippen molar-refractivity contribution in [2.45, 2.75) is 31.2 Å². The zero-order chi connectivity index (χ0) is 24.1. The lowest BCUT2D eigenvalue weighted by atomic mass is 10.2. The molecule has 0 unspecified atom stereocenters. The first kappa shape index (κ1) is 23.8. The summed E-state index contributed by atoms with van der Waals surface area (Å²) in [5.41, 5.74) is 3.22. The van der Waals surface area contributed by atoms with Crippen LogP contribution in [-0.2, 0) is 21.4 Å². The Labute approximate surface area is 200 Å². The van der Waals surface area contributed by atoms with Gasteiger partial charge in [0.1, 0.15) is 12.4 Å². The van der Waals surface area contributed by atoms with Gasteiger partial charge in [0.15, 0.2) is 0 Å². The maximum Gasteiger partial charge on any atom is 0.264 e. The first-order valence-electron chi connectivity index (χ1n) is 11.3. The number of hydrogen-bond donors (Lipinski definition) is 1. The Kier molecular flexibility index (Phi) is 7.17. The zero-order valence-corrected chi connectivity index (χ0v) is 19.9. The summed E-state index contributed by atoms with van der Waals surface area (Å²) in [7, 11) is -4.03. The van der Waals surface area contributed by atoms with Crippen LogP contribution in [0.2, 0.25) is 0 Å². The molecule has 0 aliphatic carbocycles. The van der Waals surface area contributed by atoms with E-state index >= 15 is 0 Å². The molecule has 1 heterocycles. The van der Waals surface area contributed by atoms with Crippen LogP contribution >= 0.6 is 0 Å². The summed E-state index contributed by atoms with van der Waals surface area (Å²) in [5, 5.41) is 2.80. The molecule has 1 aliphatic rings. The number of anilines is 2. The van der Waals surface area contributed by atoms with Crippen LogP contribution in [-0.4, -0.2) is 34.0 Å². The van der Waals surface area contributed by atoms with Crippen molar-refractivity contribution < 1.29 is 17.6 Å². The molecular weight excluding hydrogens is 453 g/mol. The van der Waals surface area contributed by atoms with Crippen LogP contribution in [0.5, 0.6) is 0 Å². The van der Waals surface area contributed by atoms with Gasteiger partial charge in [-0.2, -0.15) is 0 Å². The van der Waals surface area contributed by atoms with E-state index in [0.29, 0.717) is 0 Å². The minimum atomic E-state index is -4.03. The average Bonchev–Trinajstić information content (AvgIpc) is 3.37. The second-order valence-electron chi connectivity index (χ2n) is 8.44. The van der Waals surface area contributed by atoms with Gasteiger partial charge in [-0.05, 0) is 73.9 Å². The largest absolute Gasteiger partial charge is 0.372 e. The molecule has 1 aliphatic heterocycles. The van der Waals surface area contributed by atoms with Crippen LogP contribution in [0, 0.1) is 12.7 Å². The number of benzene rings is 3. The number of amides is 1. The number of halogens is 1. The molecule has 3 aromatic rings.